The van der Waals surface area contributed by atoms with E-state index >= 15 is 0 Å². The Morgan fingerprint density at radius 2 is 1.91 bits per heavy atom. The van der Waals surface area contributed by atoms with Crippen LogP contribution in [0.2, 0.25) is 5.02 Å². The molecule has 2 rings (SSSR count). The van der Waals surface area contributed by atoms with Crippen LogP contribution < -0.4 is 10.6 Å². The van der Waals surface area contributed by atoms with E-state index in [0.717, 1.165) is 11.3 Å². The van der Waals surface area contributed by atoms with Crippen molar-refractivity contribution < 1.29 is 9.59 Å². The number of rotatable bonds is 3. The lowest BCUT2D eigenvalue weighted by atomic mass is 10.2. The Hall–Kier alpha value is -2.34. The number of benzene rings is 1. The summed E-state index contributed by atoms with van der Waals surface area (Å²) in [6, 6.07) is 7.13. The van der Waals surface area contributed by atoms with Gasteiger partial charge in [-0.05, 0) is 25.5 Å². The van der Waals surface area contributed by atoms with Crippen molar-refractivity contribution in [2.75, 3.05) is 5.32 Å². The van der Waals surface area contributed by atoms with Crippen LogP contribution in [-0.4, -0.2) is 21.6 Å². The summed E-state index contributed by atoms with van der Waals surface area (Å²) in [5.41, 5.74) is 2.75. The zero-order valence-electron chi connectivity index (χ0n) is 12.6. The minimum atomic E-state index is -0.730. The van der Waals surface area contributed by atoms with E-state index in [1.54, 1.807) is 36.9 Å². The van der Waals surface area contributed by atoms with Crippen molar-refractivity contribution in [1.29, 1.82) is 0 Å². The summed E-state index contributed by atoms with van der Waals surface area (Å²) in [5.74, 6) is -1.45. The lowest BCUT2D eigenvalue weighted by molar-refractivity contribution is -0.136. The monoisotopic (exact) mass is 320 g/mol. The maximum atomic E-state index is 11.9. The van der Waals surface area contributed by atoms with Gasteiger partial charge in [0, 0.05) is 18.6 Å². The number of aryl methyl sites for hydroxylation is 2. The molecule has 1 aromatic heterocycles. The van der Waals surface area contributed by atoms with Crippen molar-refractivity contribution in [2.45, 2.75) is 20.4 Å². The third-order valence-corrected chi connectivity index (χ3v) is 3.72. The molecule has 0 radical (unpaired) electrons. The molecule has 22 heavy (non-hydrogen) atoms. The van der Waals surface area contributed by atoms with E-state index in [-0.39, 0.29) is 6.54 Å². The van der Waals surface area contributed by atoms with Crippen LogP contribution in [0.4, 0.5) is 5.69 Å². The Morgan fingerprint density at radius 1 is 1.23 bits per heavy atom. The van der Waals surface area contributed by atoms with Crippen molar-refractivity contribution in [3.8, 4) is 0 Å². The molecule has 0 fully saturated rings. The van der Waals surface area contributed by atoms with Gasteiger partial charge in [-0.25, -0.2) is 0 Å². The lowest BCUT2D eigenvalue weighted by Gasteiger charge is -2.08. The minimum Gasteiger partial charge on any atom is -0.344 e. The van der Waals surface area contributed by atoms with Crippen LogP contribution >= 0.6 is 11.6 Å². The summed E-state index contributed by atoms with van der Waals surface area (Å²) in [7, 11) is 1.77. The Bertz CT molecular complexity index is 724. The van der Waals surface area contributed by atoms with Gasteiger partial charge in [0.2, 0.25) is 0 Å². The SMILES string of the molecule is Cc1nn(C)c(C)c1NC(=O)C(=O)NCc1ccccc1Cl. The predicted octanol–water partition coefficient (Wildman–Crippen LogP) is 1.95. The number of carbonyl (C=O) groups excluding carboxylic acids is 2. The normalized spacial score (nSPS) is 10.4. The van der Waals surface area contributed by atoms with Crippen LogP contribution in [-0.2, 0) is 23.2 Å². The van der Waals surface area contributed by atoms with Gasteiger partial charge in [0.25, 0.3) is 0 Å². The first-order valence-corrected chi connectivity index (χ1v) is 7.10. The first kappa shape index (κ1) is 16.0. The van der Waals surface area contributed by atoms with E-state index in [2.05, 4.69) is 15.7 Å². The number of aromatic nitrogens is 2. The predicted molar refractivity (Wildman–Crippen MR) is 84.6 cm³/mol. The molecule has 0 saturated heterocycles. The molecule has 0 atom stereocenters. The fraction of sp³-hybridized carbons (Fsp3) is 0.267. The van der Waals surface area contributed by atoms with Crippen molar-refractivity contribution >= 4 is 29.1 Å². The van der Waals surface area contributed by atoms with Crippen LogP contribution in [0, 0.1) is 13.8 Å². The molecule has 0 spiro atoms. The van der Waals surface area contributed by atoms with Crippen LogP contribution in [0.3, 0.4) is 0 Å². The van der Waals surface area contributed by atoms with Gasteiger partial charge in [-0.2, -0.15) is 5.10 Å². The van der Waals surface area contributed by atoms with Crippen molar-refractivity contribution in [3.05, 3.63) is 46.2 Å². The van der Waals surface area contributed by atoms with Gasteiger partial charge in [0.1, 0.15) is 0 Å². The number of nitrogens with one attached hydrogen (secondary N) is 2. The third-order valence-electron chi connectivity index (χ3n) is 3.35. The second-order valence-electron chi connectivity index (χ2n) is 4.90. The van der Waals surface area contributed by atoms with Crippen molar-refractivity contribution in [3.63, 3.8) is 0 Å². The second-order valence-corrected chi connectivity index (χ2v) is 5.30. The molecule has 6 nitrogen and oxygen atoms in total. The number of carbonyl (C=O) groups is 2. The summed E-state index contributed by atoms with van der Waals surface area (Å²) in [6.07, 6.45) is 0. The highest BCUT2D eigenvalue weighted by Crippen LogP contribution is 2.18. The first-order valence-electron chi connectivity index (χ1n) is 6.73. The fourth-order valence-electron chi connectivity index (χ4n) is 2.02. The average Bonchev–Trinajstić information content (AvgIpc) is 2.72. The molecule has 0 saturated carbocycles. The number of halogens is 1. The zero-order valence-corrected chi connectivity index (χ0v) is 13.4. The highest BCUT2D eigenvalue weighted by molar-refractivity contribution is 6.39. The average molecular weight is 321 g/mol. The lowest BCUT2D eigenvalue weighted by Crippen LogP contribution is -2.35. The van der Waals surface area contributed by atoms with Gasteiger partial charge in [0.05, 0.1) is 17.1 Å². The standard InChI is InChI=1S/C15H17ClN4O2/c1-9-13(10(2)20(3)19-9)18-15(22)14(21)17-8-11-6-4-5-7-12(11)16/h4-7H,8H2,1-3H3,(H,17,21)(H,18,22). The van der Waals surface area contributed by atoms with Gasteiger partial charge in [-0.3, -0.25) is 14.3 Å². The molecule has 1 heterocycles. The summed E-state index contributed by atoms with van der Waals surface area (Å²) in [5, 5.41) is 9.85. The Balaban J connectivity index is 1.98. The number of anilines is 1. The van der Waals surface area contributed by atoms with E-state index < -0.39 is 11.8 Å². The molecule has 0 unspecified atom stereocenters. The third kappa shape index (κ3) is 3.46. The summed E-state index contributed by atoms with van der Waals surface area (Å²) >= 11 is 6.00. The smallest absolute Gasteiger partial charge is 0.313 e. The highest BCUT2D eigenvalue weighted by atomic mass is 35.5. The maximum absolute atomic E-state index is 11.9. The first-order chi connectivity index (χ1) is 10.4. The Kier molecular flexibility index (Phi) is 4.82. The van der Waals surface area contributed by atoms with E-state index in [9.17, 15) is 9.59 Å². The number of hydrogen-bond acceptors (Lipinski definition) is 3. The van der Waals surface area contributed by atoms with Gasteiger partial charge in [-0.1, -0.05) is 29.8 Å². The van der Waals surface area contributed by atoms with Gasteiger partial charge in [-0.15, -0.1) is 0 Å². The molecular weight excluding hydrogens is 304 g/mol. The van der Waals surface area contributed by atoms with Gasteiger partial charge in [0.15, 0.2) is 0 Å². The zero-order chi connectivity index (χ0) is 16.3. The highest BCUT2D eigenvalue weighted by Gasteiger charge is 2.18. The summed E-state index contributed by atoms with van der Waals surface area (Å²) in [4.78, 5) is 23.8. The minimum absolute atomic E-state index is 0.191. The largest absolute Gasteiger partial charge is 0.344 e. The van der Waals surface area contributed by atoms with Crippen LogP contribution in [0.15, 0.2) is 24.3 Å². The van der Waals surface area contributed by atoms with E-state index in [4.69, 9.17) is 11.6 Å². The summed E-state index contributed by atoms with van der Waals surface area (Å²) in [6.45, 7) is 3.78. The Morgan fingerprint density at radius 3 is 2.50 bits per heavy atom. The molecule has 7 heteroatoms. The van der Waals surface area contributed by atoms with E-state index in [0.29, 0.717) is 16.4 Å². The molecule has 2 N–H and O–H groups in total. The Labute approximate surface area is 133 Å². The molecule has 2 aromatic rings. The van der Waals surface area contributed by atoms with Gasteiger partial charge < -0.3 is 10.6 Å². The molecule has 0 bridgehead atoms. The molecule has 116 valence electrons. The van der Waals surface area contributed by atoms with Gasteiger partial charge >= 0.3 is 11.8 Å². The number of nitrogens with zero attached hydrogens (tertiary/aromatic N) is 2. The fourth-order valence-corrected chi connectivity index (χ4v) is 2.22. The van der Waals surface area contributed by atoms with E-state index in [1.807, 2.05) is 13.0 Å². The van der Waals surface area contributed by atoms with Crippen molar-refractivity contribution in [2.24, 2.45) is 7.05 Å². The molecule has 0 aliphatic rings. The molecule has 0 aliphatic carbocycles. The summed E-state index contributed by atoms with van der Waals surface area (Å²) < 4.78 is 1.65. The van der Waals surface area contributed by atoms with E-state index in [1.165, 1.54) is 0 Å². The number of amides is 2. The van der Waals surface area contributed by atoms with Crippen LogP contribution in [0.1, 0.15) is 17.0 Å². The van der Waals surface area contributed by atoms with Crippen LogP contribution in [0.25, 0.3) is 0 Å². The molecular formula is C15H17ClN4O2. The topological polar surface area (TPSA) is 76.0 Å². The van der Waals surface area contributed by atoms with Crippen molar-refractivity contribution in [1.82, 2.24) is 15.1 Å². The molecule has 1 aromatic carbocycles. The van der Waals surface area contributed by atoms with Crippen LogP contribution in [0.5, 0.6) is 0 Å². The quantitative estimate of drug-likeness (QED) is 0.849. The number of hydrogen-bond donors (Lipinski definition) is 2. The molecule has 2 amide bonds. The second kappa shape index (κ2) is 6.62. The molecule has 0 aliphatic heterocycles. The maximum Gasteiger partial charge on any atom is 0.313 e.